The van der Waals surface area contributed by atoms with E-state index in [1.54, 1.807) is 81.8 Å². The minimum absolute atomic E-state index is 0.120. The monoisotopic (exact) mass is 482 g/mol. The second kappa shape index (κ2) is 10.6. The molecule has 0 aromatic heterocycles. The van der Waals surface area contributed by atoms with Gasteiger partial charge < -0.3 is 14.8 Å². The lowest BCUT2D eigenvalue weighted by Crippen LogP contribution is -2.41. The topological polar surface area (TPSA) is 84.9 Å². The van der Waals surface area contributed by atoms with Crippen molar-refractivity contribution in [1.82, 2.24) is 5.32 Å². The highest BCUT2D eigenvalue weighted by atomic mass is 32.2. The third kappa shape index (κ3) is 5.69. The van der Waals surface area contributed by atoms with E-state index in [2.05, 4.69) is 5.32 Å². The molecule has 0 heterocycles. The molecule has 1 amide bonds. The van der Waals surface area contributed by atoms with Crippen molar-refractivity contribution in [3.63, 3.8) is 0 Å². The molecule has 180 valence electrons. The quantitative estimate of drug-likeness (QED) is 0.489. The average molecular weight is 483 g/mol. The van der Waals surface area contributed by atoms with Crippen LogP contribution >= 0.6 is 0 Å². The normalized spacial score (nSPS) is 12.0. The number of amides is 1. The van der Waals surface area contributed by atoms with Gasteiger partial charge in [0.2, 0.25) is 5.91 Å². The zero-order chi connectivity index (χ0) is 24.9. The van der Waals surface area contributed by atoms with Gasteiger partial charge in [-0.15, -0.1) is 0 Å². The van der Waals surface area contributed by atoms with E-state index in [1.807, 2.05) is 19.9 Å². The third-order valence-corrected chi connectivity index (χ3v) is 7.25. The highest BCUT2D eigenvalue weighted by molar-refractivity contribution is 7.92. The van der Waals surface area contributed by atoms with Gasteiger partial charge in [-0.2, -0.15) is 0 Å². The van der Waals surface area contributed by atoms with Crippen LogP contribution < -0.4 is 19.1 Å². The summed E-state index contributed by atoms with van der Waals surface area (Å²) in [5.41, 5.74) is 2.97. The van der Waals surface area contributed by atoms with Gasteiger partial charge in [0, 0.05) is 5.56 Å². The molecule has 0 unspecified atom stereocenters. The van der Waals surface area contributed by atoms with Gasteiger partial charge in [0.05, 0.1) is 30.8 Å². The molecule has 0 fully saturated rings. The first kappa shape index (κ1) is 25.1. The first-order chi connectivity index (χ1) is 16.1. The summed E-state index contributed by atoms with van der Waals surface area (Å²) >= 11 is 0. The van der Waals surface area contributed by atoms with Gasteiger partial charge in [-0.1, -0.05) is 29.8 Å². The van der Waals surface area contributed by atoms with Crippen molar-refractivity contribution in [3.8, 4) is 11.5 Å². The maximum Gasteiger partial charge on any atom is 0.264 e. The van der Waals surface area contributed by atoms with Gasteiger partial charge in [-0.3, -0.25) is 9.10 Å². The van der Waals surface area contributed by atoms with E-state index in [0.29, 0.717) is 17.2 Å². The Morgan fingerprint density at radius 3 is 2.26 bits per heavy atom. The number of ether oxygens (including phenoxy) is 2. The van der Waals surface area contributed by atoms with Gasteiger partial charge in [0.1, 0.15) is 18.0 Å². The van der Waals surface area contributed by atoms with Crippen molar-refractivity contribution >= 4 is 21.6 Å². The van der Waals surface area contributed by atoms with Crippen LogP contribution in [0.3, 0.4) is 0 Å². The molecule has 1 atom stereocenters. The Hall–Kier alpha value is -3.52. The van der Waals surface area contributed by atoms with Crippen molar-refractivity contribution in [2.75, 3.05) is 25.1 Å². The SMILES string of the molecule is COc1ccc(OC)c([C@@H](C)NC(=O)CN(c2cccc(C)c2)S(=O)(=O)c2ccc(C)cc2)c1. The smallest absolute Gasteiger partial charge is 0.264 e. The van der Waals surface area contributed by atoms with Crippen LogP contribution in [0.4, 0.5) is 5.69 Å². The van der Waals surface area contributed by atoms with Gasteiger partial charge in [0.25, 0.3) is 10.0 Å². The number of benzene rings is 3. The zero-order valence-corrected chi connectivity index (χ0v) is 20.8. The van der Waals surface area contributed by atoms with Crippen LogP contribution in [0.5, 0.6) is 11.5 Å². The summed E-state index contributed by atoms with van der Waals surface area (Å²) in [6.07, 6.45) is 0. The number of nitrogens with zero attached hydrogens (tertiary/aromatic N) is 1. The molecule has 8 heteroatoms. The lowest BCUT2D eigenvalue weighted by Gasteiger charge is -2.26. The minimum atomic E-state index is -3.98. The molecule has 34 heavy (non-hydrogen) atoms. The zero-order valence-electron chi connectivity index (χ0n) is 20.0. The van der Waals surface area contributed by atoms with Crippen LogP contribution in [-0.2, 0) is 14.8 Å². The summed E-state index contributed by atoms with van der Waals surface area (Å²) in [6, 6.07) is 18.5. The summed E-state index contributed by atoms with van der Waals surface area (Å²) in [4.78, 5) is 13.2. The number of methoxy groups -OCH3 is 2. The predicted molar refractivity (Wildman–Crippen MR) is 133 cm³/mol. The van der Waals surface area contributed by atoms with Crippen LogP contribution in [0.2, 0.25) is 0 Å². The van der Waals surface area contributed by atoms with Crippen molar-refractivity contribution in [2.45, 2.75) is 31.7 Å². The molecule has 0 aliphatic rings. The second-order valence-electron chi connectivity index (χ2n) is 8.06. The summed E-state index contributed by atoms with van der Waals surface area (Å²) in [7, 11) is -0.870. The van der Waals surface area contributed by atoms with Crippen molar-refractivity contribution in [1.29, 1.82) is 0 Å². The molecular formula is C26H30N2O5S. The first-order valence-electron chi connectivity index (χ1n) is 10.8. The Bertz CT molecular complexity index is 1260. The Kier molecular flexibility index (Phi) is 7.83. The molecule has 0 radical (unpaired) electrons. The van der Waals surface area contributed by atoms with Crippen LogP contribution in [0, 0.1) is 13.8 Å². The molecule has 7 nitrogen and oxygen atoms in total. The molecule has 3 aromatic rings. The van der Waals surface area contributed by atoms with Gasteiger partial charge in [-0.05, 0) is 68.8 Å². The summed E-state index contributed by atoms with van der Waals surface area (Å²) in [5.74, 6) is 0.770. The number of hydrogen-bond acceptors (Lipinski definition) is 5. The summed E-state index contributed by atoms with van der Waals surface area (Å²) in [5, 5.41) is 2.89. The number of anilines is 1. The Balaban J connectivity index is 1.91. The number of sulfonamides is 1. The Labute approximate surface area is 201 Å². The molecule has 0 saturated heterocycles. The van der Waals surface area contributed by atoms with Gasteiger partial charge in [-0.25, -0.2) is 8.42 Å². The molecule has 0 saturated carbocycles. The second-order valence-corrected chi connectivity index (χ2v) is 9.92. The number of hydrogen-bond donors (Lipinski definition) is 1. The fourth-order valence-electron chi connectivity index (χ4n) is 3.61. The van der Waals surface area contributed by atoms with Crippen molar-refractivity contribution < 1.29 is 22.7 Å². The van der Waals surface area contributed by atoms with Crippen LogP contribution in [-0.4, -0.2) is 35.1 Å². The largest absolute Gasteiger partial charge is 0.497 e. The van der Waals surface area contributed by atoms with E-state index in [4.69, 9.17) is 9.47 Å². The van der Waals surface area contributed by atoms with Crippen LogP contribution in [0.25, 0.3) is 0 Å². The molecule has 3 rings (SSSR count). The van der Waals surface area contributed by atoms with E-state index in [9.17, 15) is 13.2 Å². The number of carbonyl (C=O) groups excluding carboxylic acids is 1. The molecular weight excluding hydrogens is 452 g/mol. The number of rotatable bonds is 9. The van der Waals surface area contributed by atoms with Gasteiger partial charge in [0.15, 0.2) is 0 Å². The van der Waals surface area contributed by atoms with Gasteiger partial charge >= 0.3 is 0 Å². The maximum atomic E-state index is 13.5. The summed E-state index contributed by atoms with van der Waals surface area (Å²) < 4.78 is 38.9. The molecule has 0 bridgehead atoms. The molecule has 3 aromatic carbocycles. The van der Waals surface area contributed by atoms with Crippen LogP contribution in [0.15, 0.2) is 71.6 Å². The molecule has 0 aliphatic heterocycles. The van der Waals surface area contributed by atoms with E-state index in [0.717, 1.165) is 21.0 Å². The lowest BCUT2D eigenvalue weighted by molar-refractivity contribution is -0.120. The standard InChI is InChI=1S/C26H30N2O5S/c1-18-9-12-23(13-10-18)34(30,31)28(21-8-6-7-19(2)15-21)17-26(29)27-20(3)24-16-22(32-4)11-14-25(24)33-5/h6-16,20H,17H2,1-5H3,(H,27,29)/t20-/m1/s1. The average Bonchev–Trinajstić information content (AvgIpc) is 2.82. The van der Waals surface area contributed by atoms with Crippen molar-refractivity contribution in [3.05, 3.63) is 83.4 Å². The van der Waals surface area contributed by atoms with E-state index >= 15 is 0 Å². The number of aryl methyl sites for hydroxylation is 2. The van der Waals surface area contributed by atoms with Crippen molar-refractivity contribution in [2.24, 2.45) is 0 Å². The predicted octanol–water partition coefficient (Wildman–Crippen LogP) is 4.39. The Morgan fingerprint density at radius 2 is 1.65 bits per heavy atom. The summed E-state index contributed by atoms with van der Waals surface area (Å²) in [6.45, 7) is 5.19. The third-order valence-electron chi connectivity index (χ3n) is 5.47. The molecule has 0 aliphatic carbocycles. The highest BCUT2D eigenvalue weighted by Crippen LogP contribution is 2.30. The molecule has 1 N–H and O–H groups in total. The number of nitrogens with one attached hydrogen (secondary N) is 1. The first-order valence-corrected chi connectivity index (χ1v) is 12.3. The minimum Gasteiger partial charge on any atom is -0.497 e. The highest BCUT2D eigenvalue weighted by Gasteiger charge is 2.28. The fraction of sp³-hybridized carbons (Fsp3) is 0.269. The molecule has 0 spiro atoms. The van der Waals surface area contributed by atoms with E-state index in [1.165, 1.54) is 0 Å². The Morgan fingerprint density at radius 1 is 0.941 bits per heavy atom. The number of carbonyl (C=O) groups is 1. The van der Waals surface area contributed by atoms with E-state index in [-0.39, 0.29) is 11.4 Å². The maximum absolute atomic E-state index is 13.5. The van der Waals surface area contributed by atoms with E-state index < -0.39 is 22.0 Å². The lowest BCUT2D eigenvalue weighted by atomic mass is 10.1. The van der Waals surface area contributed by atoms with Crippen LogP contribution in [0.1, 0.15) is 29.7 Å². The fourth-order valence-corrected chi connectivity index (χ4v) is 5.02.